The molecule has 5 nitrogen and oxygen atoms in total. The maximum Gasteiger partial charge on any atom is 0.236 e. The molecule has 0 saturated heterocycles. The summed E-state index contributed by atoms with van der Waals surface area (Å²) < 4.78 is 5.05. The van der Waals surface area contributed by atoms with Gasteiger partial charge in [0.25, 0.3) is 0 Å². The van der Waals surface area contributed by atoms with Crippen LogP contribution in [0, 0.1) is 0 Å². The first-order valence-electron chi connectivity index (χ1n) is 6.85. The minimum Gasteiger partial charge on any atom is -0.497 e. The van der Waals surface area contributed by atoms with Gasteiger partial charge in [-0.2, -0.15) is 0 Å². The van der Waals surface area contributed by atoms with E-state index in [0.717, 1.165) is 5.69 Å². The molecule has 0 unspecified atom stereocenters. The van der Waals surface area contributed by atoms with Gasteiger partial charge >= 0.3 is 0 Å². The zero-order valence-electron chi connectivity index (χ0n) is 12.6. The topological polar surface area (TPSA) is 58.6 Å². The lowest BCUT2D eigenvalue weighted by molar-refractivity contribution is -0.125. The summed E-state index contributed by atoms with van der Waals surface area (Å²) in [7, 11) is 3.23. The summed E-state index contributed by atoms with van der Waals surface area (Å²) in [6.07, 6.45) is -0.211. The molecule has 2 rings (SSSR count). The fourth-order valence-electron chi connectivity index (χ4n) is 1.93. The highest BCUT2D eigenvalue weighted by molar-refractivity contribution is 6.08. The summed E-state index contributed by atoms with van der Waals surface area (Å²) in [4.78, 5) is 25.5. The van der Waals surface area contributed by atoms with Crippen LogP contribution in [-0.2, 0) is 9.59 Å². The summed E-state index contributed by atoms with van der Waals surface area (Å²) in [6.45, 7) is 0. The van der Waals surface area contributed by atoms with Crippen LogP contribution >= 0.6 is 0 Å². The summed E-state index contributed by atoms with van der Waals surface area (Å²) in [6, 6.07) is 16.1. The number of para-hydroxylation sites is 1. The highest BCUT2D eigenvalue weighted by Crippen LogP contribution is 2.16. The third-order valence-electron chi connectivity index (χ3n) is 3.20. The quantitative estimate of drug-likeness (QED) is 0.863. The number of carbonyl (C=O) groups excluding carboxylic acids is 2. The molecule has 5 heteroatoms. The van der Waals surface area contributed by atoms with Gasteiger partial charge in [0.2, 0.25) is 11.8 Å². The molecule has 0 fully saturated rings. The Balaban J connectivity index is 1.92. The molecular weight excluding hydrogens is 280 g/mol. The van der Waals surface area contributed by atoms with Crippen LogP contribution in [0.3, 0.4) is 0 Å². The average Bonchev–Trinajstić information content (AvgIpc) is 2.55. The zero-order valence-corrected chi connectivity index (χ0v) is 12.6. The molecule has 2 aromatic carbocycles. The normalized spacial score (nSPS) is 9.91. The van der Waals surface area contributed by atoms with Gasteiger partial charge in [0, 0.05) is 18.4 Å². The molecule has 0 atom stereocenters. The third kappa shape index (κ3) is 4.09. The van der Waals surface area contributed by atoms with Crippen LogP contribution in [0.5, 0.6) is 5.75 Å². The number of nitrogens with one attached hydrogen (secondary N) is 1. The first-order valence-corrected chi connectivity index (χ1v) is 6.85. The molecule has 0 aromatic heterocycles. The minimum absolute atomic E-state index is 0.211. The van der Waals surface area contributed by atoms with Gasteiger partial charge in [-0.15, -0.1) is 0 Å². The SMILES string of the molecule is COc1ccc(NC(=O)CC(=O)N(C)c2ccccc2)cc1. The van der Waals surface area contributed by atoms with Gasteiger partial charge in [0.15, 0.2) is 0 Å². The van der Waals surface area contributed by atoms with Crippen LogP contribution in [0.2, 0.25) is 0 Å². The number of benzene rings is 2. The number of methoxy groups -OCH3 is 1. The maximum absolute atomic E-state index is 12.1. The van der Waals surface area contributed by atoms with E-state index in [9.17, 15) is 9.59 Å². The number of carbonyl (C=O) groups is 2. The van der Waals surface area contributed by atoms with Crippen molar-refractivity contribution in [3.05, 3.63) is 54.6 Å². The number of rotatable bonds is 5. The molecule has 0 spiro atoms. The Hall–Kier alpha value is -2.82. The van der Waals surface area contributed by atoms with Crippen LogP contribution in [-0.4, -0.2) is 26.0 Å². The van der Waals surface area contributed by atoms with E-state index in [4.69, 9.17) is 4.74 Å². The molecule has 0 bridgehead atoms. The van der Waals surface area contributed by atoms with E-state index in [-0.39, 0.29) is 18.2 Å². The summed E-state index contributed by atoms with van der Waals surface area (Å²) in [5.74, 6) is 0.0908. The zero-order chi connectivity index (χ0) is 15.9. The standard InChI is InChI=1S/C17H18N2O3/c1-19(14-6-4-3-5-7-14)17(21)12-16(20)18-13-8-10-15(22-2)11-9-13/h3-11H,12H2,1-2H3,(H,18,20). The molecule has 22 heavy (non-hydrogen) atoms. The monoisotopic (exact) mass is 298 g/mol. The van der Waals surface area contributed by atoms with Gasteiger partial charge in [-0.1, -0.05) is 18.2 Å². The number of hydrogen-bond acceptors (Lipinski definition) is 3. The van der Waals surface area contributed by atoms with E-state index in [0.29, 0.717) is 11.4 Å². The van der Waals surface area contributed by atoms with Crippen molar-refractivity contribution in [1.29, 1.82) is 0 Å². The van der Waals surface area contributed by atoms with Crippen molar-refractivity contribution < 1.29 is 14.3 Å². The Morgan fingerprint density at radius 2 is 1.68 bits per heavy atom. The fraction of sp³-hybridized carbons (Fsp3) is 0.176. The summed E-state index contributed by atoms with van der Waals surface area (Å²) in [5, 5.41) is 2.69. The molecule has 0 saturated carbocycles. The highest BCUT2D eigenvalue weighted by atomic mass is 16.5. The van der Waals surface area contributed by atoms with Gasteiger partial charge in [-0.05, 0) is 36.4 Å². The summed E-state index contributed by atoms with van der Waals surface area (Å²) >= 11 is 0. The first kappa shape index (κ1) is 15.6. The van der Waals surface area contributed by atoms with Crippen molar-refractivity contribution in [2.75, 3.05) is 24.4 Å². The Labute approximate surface area is 129 Å². The van der Waals surface area contributed by atoms with Crippen molar-refractivity contribution in [3.8, 4) is 5.75 Å². The van der Waals surface area contributed by atoms with E-state index in [1.165, 1.54) is 4.90 Å². The molecule has 2 amide bonds. The number of amides is 2. The van der Waals surface area contributed by atoms with Crippen molar-refractivity contribution in [3.63, 3.8) is 0 Å². The van der Waals surface area contributed by atoms with Crippen molar-refractivity contribution >= 4 is 23.2 Å². The Morgan fingerprint density at radius 1 is 1.05 bits per heavy atom. The Bertz CT molecular complexity index is 639. The average molecular weight is 298 g/mol. The molecule has 2 aromatic rings. The molecule has 1 N–H and O–H groups in total. The maximum atomic E-state index is 12.1. The van der Waals surface area contributed by atoms with Gasteiger partial charge in [-0.3, -0.25) is 9.59 Å². The Kier molecular flexibility index (Phi) is 5.14. The molecular formula is C17H18N2O3. The van der Waals surface area contributed by atoms with E-state index in [1.54, 1.807) is 38.4 Å². The number of anilines is 2. The molecule has 0 heterocycles. The molecule has 0 aliphatic heterocycles. The second-order valence-electron chi connectivity index (χ2n) is 4.74. The predicted octanol–water partition coefficient (Wildman–Crippen LogP) is 2.69. The smallest absolute Gasteiger partial charge is 0.236 e. The van der Waals surface area contributed by atoms with Gasteiger partial charge in [-0.25, -0.2) is 0 Å². The lowest BCUT2D eigenvalue weighted by Crippen LogP contribution is -2.30. The number of hydrogen-bond donors (Lipinski definition) is 1. The number of nitrogens with zero attached hydrogens (tertiary/aromatic N) is 1. The van der Waals surface area contributed by atoms with Crippen LogP contribution in [0.15, 0.2) is 54.6 Å². The van der Waals surface area contributed by atoms with Gasteiger partial charge in [0.1, 0.15) is 12.2 Å². The largest absolute Gasteiger partial charge is 0.497 e. The van der Waals surface area contributed by atoms with Crippen LogP contribution in [0.1, 0.15) is 6.42 Å². The van der Waals surface area contributed by atoms with Crippen molar-refractivity contribution in [1.82, 2.24) is 0 Å². The lowest BCUT2D eigenvalue weighted by Gasteiger charge is -2.17. The Morgan fingerprint density at radius 3 is 2.27 bits per heavy atom. The summed E-state index contributed by atoms with van der Waals surface area (Å²) in [5.41, 5.74) is 1.38. The predicted molar refractivity (Wildman–Crippen MR) is 86.1 cm³/mol. The van der Waals surface area contributed by atoms with E-state index in [2.05, 4.69) is 5.32 Å². The minimum atomic E-state index is -0.349. The van der Waals surface area contributed by atoms with Crippen LogP contribution in [0.25, 0.3) is 0 Å². The van der Waals surface area contributed by atoms with Crippen molar-refractivity contribution in [2.45, 2.75) is 6.42 Å². The molecule has 0 radical (unpaired) electrons. The lowest BCUT2D eigenvalue weighted by atomic mass is 10.2. The van der Waals surface area contributed by atoms with E-state index < -0.39 is 0 Å². The second kappa shape index (κ2) is 7.26. The van der Waals surface area contributed by atoms with Crippen LogP contribution < -0.4 is 15.0 Å². The van der Waals surface area contributed by atoms with Gasteiger partial charge < -0.3 is 15.0 Å². The van der Waals surface area contributed by atoms with E-state index in [1.807, 2.05) is 30.3 Å². The highest BCUT2D eigenvalue weighted by Gasteiger charge is 2.15. The molecule has 0 aliphatic carbocycles. The fourth-order valence-corrected chi connectivity index (χ4v) is 1.93. The van der Waals surface area contributed by atoms with Crippen molar-refractivity contribution in [2.24, 2.45) is 0 Å². The van der Waals surface area contributed by atoms with E-state index >= 15 is 0 Å². The molecule has 114 valence electrons. The third-order valence-corrected chi connectivity index (χ3v) is 3.20. The van der Waals surface area contributed by atoms with Crippen LogP contribution in [0.4, 0.5) is 11.4 Å². The first-order chi connectivity index (χ1) is 10.6. The number of ether oxygens (including phenoxy) is 1. The molecule has 0 aliphatic rings. The van der Waals surface area contributed by atoms with Gasteiger partial charge in [0.05, 0.1) is 7.11 Å². The second-order valence-corrected chi connectivity index (χ2v) is 4.74.